The molecule has 1 spiro atoms. The van der Waals surface area contributed by atoms with Gasteiger partial charge in [0.05, 0.1) is 17.0 Å². The van der Waals surface area contributed by atoms with Gasteiger partial charge in [-0.15, -0.1) is 0 Å². The minimum absolute atomic E-state index is 0.00781. The van der Waals surface area contributed by atoms with Gasteiger partial charge >= 0.3 is 5.97 Å². The van der Waals surface area contributed by atoms with Crippen molar-refractivity contribution in [2.45, 2.75) is 31.3 Å². The number of nitrogens with one attached hydrogen (secondary N) is 1. The Morgan fingerprint density at radius 1 is 1.26 bits per heavy atom. The van der Waals surface area contributed by atoms with Crippen LogP contribution in [0.25, 0.3) is 10.9 Å². The van der Waals surface area contributed by atoms with E-state index < -0.39 is 17.4 Å². The van der Waals surface area contributed by atoms with E-state index in [-0.39, 0.29) is 17.9 Å². The van der Waals surface area contributed by atoms with Gasteiger partial charge in [-0.3, -0.25) is 19.3 Å². The lowest BCUT2D eigenvalue weighted by Gasteiger charge is -2.41. The Morgan fingerprint density at radius 2 is 1.96 bits per heavy atom. The summed E-state index contributed by atoms with van der Waals surface area (Å²) in [5.41, 5.74) is 0.985. The summed E-state index contributed by atoms with van der Waals surface area (Å²) in [7, 11) is 1.78. The number of aliphatic carboxylic acids is 1. The third kappa shape index (κ3) is 3.02. The number of benzene rings is 1. The molecule has 0 bridgehead atoms. The number of carboxylic acids is 1. The molecule has 2 aliphatic rings. The van der Waals surface area contributed by atoms with Crippen LogP contribution in [0.3, 0.4) is 0 Å². The maximum Gasteiger partial charge on any atom is 0.309 e. The number of rotatable bonds is 3. The molecule has 2 saturated heterocycles. The summed E-state index contributed by atoms with van der Waals surface area (Å²) in [4.78, 5) is 38.2. The van der Waals surface area contributed by atoms with Gasteiger partial charge < -0.3 is 15.0 Å². The van der Waals surface area contributed by atoms with Crippen LogP contribution in [0.2, 0.25) is 0 Å². The lowest BCUT2D eigenvalue weighted by molar-refractivity contribution is -0.144. The topological polar surface area (TPSA) is 91.6 Å². The molecule has 1 unspecified atom stereocenters. The van der Waals surface area contributed by atoms with Gasteiger partial charge in [-0.2, -0.15) is 0 Å². The number of pyridine rings is 1. The van der Waals surface area contributed by atoms with Crippen molar-refractivity contribution in [1.82, 2.24) is 14.8 Å². The van der Waals surface area contributed by atoms with Crippen molar-refractivity contribution in [3.05, 3.63) is 46.2 Å². The first-order valence-corrected chi connectivity index (χ1v) is 9.23. The molecule has 2 N–H and O–H groups in total. The molecule has 0 saturated carbocycles. The molecule has 1 aromatic carbocycles. The first-order valence-electron chi connectivity index (χ1n) is 9.23. The average molecular weight is 369 g/mol. The third-order valence-corrected chi connectivity index (χ3v) is 6.09. The number of amides is 1. The maximum absolute atomic E-state index is 12.7. The number of carbonyl (C=O) groups is 2. The highest BCUT2D eigenvalue weighted by atomic mass is 16.4. The van der Waals surface area contributed by atoms with Crippen molar-refractivity contribution in [1.29, 1.82) is 0 Å². The molecule has 27 heavy (non-hydrogen) atoms. The summed E-state index contributed by atoms with van der Waals surface area (Å²) in [6.45, 7) is 1.83. The van der Waals surface area contributed by atoms with E-state index in [0.717, 1.165) is 16.5 Å². The second kappa shape index (κ2) is 6.49. The Morgan fingerprint density at radius 3 is 2.67 bits per heavy atom. The van der Waals surface area contributed by atoms with Crippen molar-refractivity contribution >= 4 is 22.8 Å². The van der Waals surface area contributed by atoms with Crippen LogP contribution >= 0.6 is 0 Å². The largest absolute Gasteiger partial charge is 0.481 e. The molecule has 142 valence electrons. The van der Waals surface area contributed by atoms with Crippen LogP contribution in [0.1, 0.15) is 24.8 Å². The zero-order valence-electron chi connectivity index (χ0n) is 15.3. The third-order valence-electron chi connectivity index (χ3n) is 6.09. The van der Waals surface area contributed by atoms with Gasteiger partial charge in [0.1, 0.15) is 0 Å². The fourth-order valence-corrected chi connectivity index (χ4v) is 4.55. The monoisotopic (exact) mass is 369 g/mol. The molecular weight excluding hydrogens is 346 g/mol. The number of piperidine rings is 1. The van der Waals surface area contributed by atoms with Crippen LogP contribution in [-0.2, 0) is 23.2 Å². The van der Waals surface area contributed by atoms with E-state index in [0.29, 0.717) is 32.5 Å². The van der Waals surface area contributed by atoms with Gasteiger partial charge in [-0.25, -0.2) is 0 Å². The molecule has 1 atom stereocenters. The number of fused-ring (bicyclic) bond motifs is 1. The highest BCUT2D eigenvalue weighted by Gasteiger charge is 2.51. The summed E-state index contributed by atoms with van der Waals surface area (Å²) >= 11 is 0. The maximum atomic E-state index is 12.7. The van der Waals surface area contributed by atoms with Crippen molar-refractivity contribution < 1.29 is 14.7 Å². The Labute approximate surface area is 156 Å². The summed E-state index contributed by atoms with van der Waals surface area (Å²) in [5, 5.41) is 13.4. The van der Waals surface area contributed by atoms with Crippen molar-refractivity contribution in [2.24, 2.45) is 13.0 Å². The number of aryl methyl sites for hydroxylation is 1. The van der Waals surface area contributed by atoms with Gasteiger partial charge in [-0.05, 0) is 30.4 Å². The van der Waals surface area contributed by atoms with Gasteiger partial charge in [-0.1, -0.05) is 18.2 Å². The fraction of sp³-hybridized carbons (Fsp3) is 0.450. The number of carboxylic acid groups (broad SMARTS) is 1. The molecule has 7 heteroatoms. The Balaban J connectivity index is 1.53. The van der Waals surface area contributed by atoms with E-state index in [1.54, 1.807) is 11.6 Å². The molecule has 4 rings (SSSR count). The highest BCUT2D eigenvalue weighted by Crippen LogP contribution is 2.37. The fourth-order valence-electron chi connectivity index (χ4n) is 4.55. The summed E-state index contributed by atoms with van der Waals surface area (Å²) in [6, 6.07) is 9.74. The Kier molecular flexibility index (Phi) is 4.26. The van der Waals surface area contributed by atoms with Gasteiger partial charge in [0.2, 0.25) is 5.91 Å². The molecule has 1 aromatic heterocycles. The molecule has 0 radical (unpaired) electrons. The lowest BCUT2D eigenvalue weighted by Crippen LogP contribution is -2.55. The lowest BCUT2D eigenvalue weighted by atomic mass is 9.77. The van der Waals surface area contributed by atoms with Crippen LogP contribution in [0.15, 0.2) is 35.1 Å². The normalized spacial score (nSPS) is 22.3. The number of nitrogens with zero attached hydrogens (tertiary/aromatic N) is 2. The Hall–Kier alpha value is -2.67. The van der Waals surface area contributed by atoms with Crippen LogP contribution in [0, 0.1) is 5.92 Å². The van der Waals surface area contributed by atoms with E-state index in [4.69, 9.17) is 0 Å². The van der Waals surface area contributed by atoms with E-state index in [1.165, 1.54) is 0 Å². The van der Waals surface area contributed by atoms with E-state index in [2.05, 4.69) is 10.2 Å². The van der Waals surface area contributed by atoms with Crippen molar-refractivity contribution in [3.8, 4) is 0 Å². The first-order chi connectivity index (χ1) is 12.9. The van der Waals surface area contributed by atoms with E-state index in [9.17, 15) is 19.5 Å². The molecule has 1 amide bonds. The van der Waals surface area contributed by atoms with Crippen LogP contribution in [0.5, 0.6) is 0 Å². The van der Waals surface area contributed by atoms with Crippen LogP contribution < -0.4 is 10.9 Å². The molecule has 2 aromatic rings. The molecular formula is C20H23N3O4. The van der Waals surface area contributed by atoms with Crippen molar-refractivity contribution in [2.75, 3.05) is 13.1 Å². The minimum atomic E-state index is -0.912. The van der Waals surface area contributed by atoms with Crippen molar-refractivity contribution in [3.63, 3.8) is 0 Å². The number of hydrogen-bond donors (Lipinski definition) is 2. The van der Waals surface area contributed by atoms with E-state index >= 15 is 0 Å². The number of carbonyl (C=O) groups excluding carboxylic acids is 1. The quantitative estimate of drug-likeness (QED) is 0.845. The number of likely N-dealkylation sites (tertiary alicyclic amines) is 1. The van der Waals surface area contributed by atoms with Gasteiger partial charge in [0, 0.05) is 38.7 Å². The average Bonchev–Trinajstić information content (AvgIpc) is 2.98. The second-order valence-electron chi connectivity index (χ2n) is 7.67. The second-order valence-corrected chi connectivity index (χ2v) is 7.67. The Bertz CT molecular complexity index is 973. The smallest absolute Gasteiger partial charge is 0.309 e. The zero-order chi connectivity index (χ0) is 19.2. The standard InChI is InChI=1S/C20H23N3O4/c1-22-16-5-3-2-4-13(16)10-14(18(22)25)12-23-8-6-20(7-9-23)15(19(26)27)11-17(24)21-20/h2-5,10,15H,6-9,11-12H2,1H3,(H,21,24)(H,26,27). The van der Waals surface area contributed by atoms with Gasteiger partial charge in [0.25, 0.3) is 5.56 Å². The summed E-state index contributed by atoms with van der Waals surface area (Å²) < 4.78 is 1.67. The predicted molar refractivity (Wildman–Crippen MR) is 100 cm³/mol. The summed E-state index contributed by atoms with van der Waals surface area (Å²) in [6.07, 6.45) is 1.23. The SMILES string of the molecule is Cn1c(=O)c(CN2CCC3(CC2)NC(=O)CC3C(=O)O)cc2ccccc21. The molecule has 2 fully saturated rings. The van der Waals surface area contributed by atoms with E-state index in [1.807, 2.05) is 30.3 Å². The zero-order valence-corrected chi connectivity index (χ0v) is 15.3. The molecule has 3 heterocycles. The van der Waals surface area contributed by atoms with Crippen LogP contribution in [-0.4, -0.2) is 45.1 Å². The number of hydrogen-bond acceptors (Lipinski definition) is 4. The van der Waals surface area contributed by atoms with Gasteiger partial charge in [0.15, 0.2) is 0 Å². The predicted octanol–water partition coefficient (Wildman–Crippen LogP) is 1.09. The molecule has 0 aliphatic carbocycles. The number of aromatic nitrogens is 1. The first kappa shape index (κ1) is 17.7. The highest BCUT2D eigenvalue weighted by molar-refractivity contribution is 5.88. The molecule has 2 aliphatic heterocycles. The van der Waals surface area contributed by atoms with Crippen LogP contribution in [0.4, 0.5) is 0 Å². The number of para-hydroxylation sites is 1. The summed E-state index contributed by atoms with van der Waals surface area (Å²) in [5.74, 6) is -1.76. The minimum Gasteiger partial charge on any atom is -0.481 e. The molecule has 7 nitrogen and oxygen atoms in total.